The van der Waals surface area contributed by atoms with Gasteiger partial charge in [-0.3, -0.25) is 4.79 Å². The summed E-state index contributed by atoms with van der Waals surface area (Å²) in [5, 5.41) is 11.8. The summed E-state index contributed by atoms with van der Waals surface area (Å²) in [6, 6.07) is 0. The van der Waals surface area contributed by atoms with Crippen LogP contribution in [0.15, 0.2) is 0 Å². The van der Waals surface area contributed by atoms with Gasteiger partial charge in [-0.1, -0.05) is 19.3 Å². The number of nitrogens with one attached hydrogen (secondary N) is 1. The standard InChI is InChI=1S/C11H19NO3/c1-8(13)12-11(2,10(14)15)9-6-4-3-5-7-9/h9H,3-7H2,1-2H3,(H,12,13)(H,14,15). The summed E-state index contributed by atoms with van der Waals surface area (Å²) in [7, 11) is 0. The number of aliphatic carboxylic acids is 1. The maximum absolute atomic E-state index is 11.2. The van der Waals surface area contributed by atoms with Crippen LogP contribution in [0.4, 0.5) is 0 Å². The van der Waals surface area contributed by atoms with E-state index in [0.717, 1.165) is 25.7 Å². The van der Waals surface area contributed by atoms with Gasteiger partial charge >= 0.3 is 5.97 Å². The van der Waals surface area contributed by atoms with Gasteiger partial charge in [0.1, 0.15) is 5.54 Å². The lowest BCUT2D eigenvalue weighted by atomic mass is 9.75. The Morgan fingerprint density at radius 3 is 2.20 bits per heavy atom. The zero-order valence-corrected chi connectivity index (χ0v) is 9.38. The zero-order valence-electron chi connectivity index (χ0n) is 9.38. The quantitative estimate of drug-likeness (QED) is 0.747. The van der Waals surface area contributed by atoms with E-state index in [2.05, 4.69) is 5.32 Å². The first-order chi connectivity index (χ1) is 6.97. The molecule has 0 saturated heterocycles. The van der Waals surface area contributed by atoms with Crippen LogP contribution in [0, 0.1) is 5.92 Å². The average Bonchev–Trinajstić information content (AvgIpc) is 2.17. The Balaban J connectivity index is 2.78. The van der Waals surface area contributed by atoms with Gasteiger partial charge in [0.05, 0.1) is 0 Å². The fourth-order valence-corrected chi connectivity index (χ4v) is 2.38. The van der Waals surface area contributed by atoms with Gasteiger partial charge < -0.3 is 10.4 Å². The summed E-state index contributed by atoms with van der Waals surface area (Å²) in [6.07, 6.45) is 5.08. The molecule has 86 valence electrons. The van der Waals surface area contributed by atoms with Gasteiger partial charge in [-0.2, -0.15) is 0 Å². The van der Waals surface area contributed by atoms with Gasteiger partial charge in [-0.15, -0.1) is 0 Å². The van der Waals surface area contributed by atoms with Crippen LogP contribution in [0.3, 0.4) is 0 Å². The molecule has 1 saturated carbocycles. The van der Waals surface area contributed by atoms with E-state index in [1.165, 1.54) is 13.3 Å². The molecule has 4 nitrogen and oxygen atoms in total. The predicted octanol–water partition coefficient (Wildman–Crippen LogP) is 1.55. The van der Waals surface area contributed by atoms with E-state index < -0.39 is 11.5 Å². The zero-order chi connectivity index (χ0) is 11.5. The lowest BCUT2D eigenvalue weighted by Gasteiger charge is -2.36. The van der Waals surface area contributed by atoms with Gasteiger partial charge in [0.15, 0.2) is 0 Å². The Labute approximate surface area is 90.0 Å². The second kappa shape index (κ2) is 4.64. The SMILES string of the molecule is CC(=O)NC(C)(C(=O)O)C1CCCCC1. The molecule has 0 aromatic rings. The summed E-state index contributed by atoms with van der Waals surface area (Å²) in [6.45, 7) is 2.98. The molecule has 1 amide bonds. The molecule has 0 aromatic heterocycles. The summed E-state index contributed by atoms with van der Waals surface area (Å²) >= 11 is 0. The highest BCUT2D eigenvalue weighted by Gasteiger charge is 2.42. The number of rotatable bonds is 3. The number of carboxylic acid groups (broad SMARTS) is 1. The second-order valence-corrected chi connectivity index (χ2v) is 4.52. The smallest absolute Gasteiger partial charge is 0.329 e. The van der Waals surface area contributed by atoms with E-state index in [-0.39, 0.29) is 11.8 Å². The minimum absolute atomic E-state index is 0.0626. The molecule has 0 radical (unpaired) electrons. The van der Waals surface area contributed by atoms with Crippen LogP contribution in [0.25, 0.3) is 0 Å². The third kappa shape index (κ3) is 2.70. The van der Waals surface area contributed by atoms with Crippen molar-refractivity contribution in [2.24, 2.45) is 5.92 Å². The van der Waals surface area contributed by atoms with E-state index >= 15 is 0 Å². The first-order valence-corrected chi connectivity index (χ1v) is 5.49. The Morgan fingerprint density at radius 2 is 1.80 bits per heavy atom. The van der Waals surface area contributed by atoms with E-state index in [1.54, 1.807) is 6.92 Å². The molecule has 1 aliphatic rings. The fraction of sp³-hybridized carbons (Fsp3) is 0.818. The second-order valence-electron chi connectivity index (χ2n) is 4.52. The minimum Gasteiger partial charge on any atom is -0.480 e. The van der Waals surface area contributed by atoms with Gasteiger partial charge in [-0.25, -0.2) is 4.79 Å². The fourth-order valence-electron chi connectivity index (χ4n) is 2.38. The molecule has 1 fully saturated rings. The molecule has 4 heteroatoms. The lowest BCUT2D eigenvalue weighted by molar-refractivity contribution is -0.149. The molecule has 1 unspecified atom stereocenters. The van der Waals surface area contributed by atoms with Crippen LogP contribution < -0.4 is 5.32 Å². The van der Waals surface area contributed by atoms with Gasteiger partial charge in [0.2, 0.25) is 5.91 Å². The van der Waals surface area contributed by atoms with Crippen molar-refractivity contribution in [3.8, 4) is 0 Å². The lowest BCUT2D eigenvalue weighted by Crippen LogP contribution is -2.57. The van der Waals surface area contributed by atoms with Crippen molar-refractivity contribution in [3.63, 3.8) is 0 Å². The molecule has 1 aliphatic carbocycles. The van der Waals surface area contributed by atoms with Crippen LogP contribution in [-0.4, -0.2) is 22.5 Å². The predicted molar refractivity (Wildman–Crippen MR) is 56.4 cm³/mol. The maximum atomic E-state index is 11.2. The third-order valence-corrected chi connectivity index (χ3v) is 3.30. The molecule has 0 aromatic carbocycles. The van der Waals surface area contributed by atoms with Crippen molar-refractivity contribution >= 4 is 11.9 Å². The summed E-state index contributed by atoms with van der Waals surface area (Å²) in [5.74, 6) is -1.14. The summed E-state index contributed by atoms with van der Waals surface area (Å²) < 4.78 is 0. The van der Waals surface area contributed by atoms with Crippen LogP contribution in [0.2, 0.25) is 0 Å². The third-order valence-electron chi connectivity index (χ3n) is 3.30. The largest absolute Gasteiger partial charge is 0.480 e. The van der Waals surface area contributed by atoms with Crippen molar-refractivity contribution in [2.45, 2.75) is 51.5 Å². The number of hydrogen-bond donors (Lipinski definition) is 2. The molecule has 0 aliphatic heterocycles. The van der Waals surface area contributed by atoms with Crippen molar-refractivity contribution in [3.05, 3.63) is 0 Å². The highest BCUT2D eigenvalue weighted by atomic mass is 16.4. The normalized spacial score (nSPS) is 21.7. The van der Waals surface area contributed by atoms with Crippen molar-refractivity contribution in [1.29, 1.82) is 0 Å². The van der Waals surface area contributed by atoms with Crippen LogP contribution in [0.1, 0.15) is 46.0 Å². The molecular formula is C11H19NO3. The molecule has 2 N–H and O–H groups in total. The molecule has 0 heterocycles. The maximum Gasteiger partial charge on any atom is 0.329 e. The minimum atomic E-state index is -1.09. The van der Waals surface area contributed by atoms with Crippen LogP contribution in [-0.2, 0) is 9.59 Å². The summed E-state index contributed by atoms with van der Waals surface area (Å²) in [5.41, 5.74) is -1.09. The van der Waals surface area contributed by atoms with E-state index in [0.29, 0.717) is 0 Å². The highest BCUT2D eigenvalue weighted by Crippen LogP contribution is 2.32. The molecule has 1 atom stereocenters. The van der Waals surface area contributed by atoms with Crippen LogP contribution in [0.5, 0.6) is 0 Å². The van der Waals surface area contributed by atoms with Gasteiger partial charge in [-0.05, 0) is 25.7 Å². The monoisotopic (exact) mass is 213 g/mol. The van der Waals surface area contributed by atoms with Gasteiger partial charge in [0.25, 0.3) is 0 Å². The van der Waals surface area contributed by atoms with E-state index in [4.69, 9.17) is 0 Å². The first kappa shape index (κ1) is 12.0. The Bertz CT molecular complexity index is 259. The Kier molecular flexibility index (Phi) is 3.72. The number of hydrogen-bond acceptors (Lipinski definition) is 2. The molecule has 0 bridgehead atoms. The molecule has 1 rings (SSSR count). The number of carbonyl (C=O) groups is 2. The van der Waals surface area contributed by atoms with E-state index in [1.807, 2.05) is 0 Å². The molecule has 0 spiro atoms. The topological polar surface area (TPSA) is 66.4 Å². The highest BCUT2D eigenvalue weighted by molar-refractivity contribution is 5.85. The van der Waals surface area contributed by atoms with E-state index in [9.17, 15) is 14.7 Å². The number of carbonyl (C=O) groups excluding carboxylic acids is 1. The number of carboxylic acids is 1. The molecular weight excluding hydrogens is 194 g/mol. The van der Waals surface area contributed by atoms with Crippen molar-refractivity contribution in [1.82, 2.24) is 5.32 Å². The average molecular weight is 213 g/mol. The molecule has 15 heavy (non-hydrogen) atoms. The summed E-state index contributed by atoms with van der Waals surface area (Å²) in [4.78, 5) is 22.3. The Morgan fingerprint density at radius 1 is 1.27 bits per heavy atom. The van der Waals surface area contributed by atoms with Crippen LogP contribution >= 0.6 is 0 Å². The van der Waals surface area contributed by atoms with Gasteiger partial charge in [0, 0.05) is 6.92 Å². The number of amides is 1. The first-order valence-electron chi connectivity index (χ1n) is 5.49. The van der Waals surface area contributed by atoms with Crippen molar-refractivity contribution < 1.29 is 14.7 Å². The van der Waals surface area contributed by atoms with Crippen molar-refractivity contribution in [2.75, 3.05) is 0 Å². The Hall–Kier alpha value is -1.06.